The number of rotatable bonds is 10. The first-order chi connectivity index (χ1) is 19.9. The molecule has 0 spiro atoms. The van der Waals surface area contributed by atoms with E-state index in [1.165, 1.54) is 49.1 Å². The van der Waals surface area contributed by atoms with E-state index in [9.17, 15) is 28.3 Å². The molecule has 0 radical (unpaired) electrons. The van der Waals surface area contributed by atoms with E-state index in [1.807, 2.05) is 0 Å². The second-order valence-corrected chi connectivity index (χ2v) is 9.93. The molecule has 0 aliphatic carbocycles. The van der Waals surface area contributed by atoms with Gasteiger partial charge in [0.1, 0.15) is 28.8 Å². The van der Waals surface area contributed by atoms with Crippen LogP contribution >= 0.6 is 0 Å². The highest BCUT2D eigenvalue weighted by Gasteiger charge is 2.45. The van der Waals surface area contributed by atoms with Crippen LogP contribution in [0.1, 0.15) is 34.3 Å². The van der Waals surface area contributed by atoms with Crippen molar-refractivity contribution in [1.29, 1.82) is 0 Å². The maximum atomic E-state index is 15.2. The number of pyridine rings is 1. The predicted molar refractivity (Wildman–Crippen MR) is 144 cm³/mol. The molecule has 0 saturated carbocycles. The van der Waals surface area contributed by atoms with Crippen molar-refractivity contribution in [1.82, 2.24) is 9.88 Å². The van der Waals surface area contributed by atoms with E-state index in [-0.39, 0.29) is 42.4 Å². The van der Waals surface area contributed by atoms with E-state index in [4.69, 9.17) is 4.74 Å². The van der Waals surface area contributed by atoms with Crippen LogP contribution in [-0.4, -0.2) is 54.4 Å². The van der Waals surface area contributed by atoms with E-state index in [0.717, 1.165) is 17.0 Å². The molecular weight excluding hydrogens is 562 g/mol. The van der Waals surface area contributed by atoms with Gasteiger partial charge in [0.2, 0.25) is 5.91 Å². The number of benzene rings is 2. The number of aliphatic hydroxyl groups is 1. The number of alkyl halides is 2. The van der Waals surface area contributed by atoms with Crippen LogP contribution in [0.4, 0.5) is 23.2 Å². The second kappa shape index (κ2) is 12.6. The zero-order valence-corrected chi connectivity index (χ0v) is 22.9. The predicted octanol–water partition coefficient (Wildman–Crippen LogP) is 3.60. The van der Waals surface area contributed by atoms with Crippen LogP contribution < -0.4 is 25.2 Å². The summed E-state index contributed by atoms with van der Waals surface area (Å²) in [4.78, 5) is 41.1. The molecule has 3 aromatic rings. The number of nitrogens with one attached hydrogen (secondary N) is 1. The number of nitrogens with zero attached hydrogens (tertiary/aromatic N) is 2. The van der Waals surface area contributed by atoms with Gasteiger partial charge in [0, 0.05) is 48.5 Å². The van der Waals surface area contributed by atoms with Gasteiger partial charge in [0.15, 0.2) is 0 Å². The summed E-state index contributed by atoms with van der Waals surface area (Å²) in [5.74, 6) is -5.78. The summed E-state index contributed by atoms with van der Waals surface area (Å²) >= 11 is 0. The van der Waals surface area contributed by atoms with Gasteiger partial charge in [-0.1, -0.05) is 0 Å². The van der Waals surface area contributed by atoms with Gasteiger partial charge in [-0.05, 0) is 49.7 Å². The molecule has 224 valence electrons. The summed E-state index contributed by atoms with van der Waals surface area (Å²) in [6.07, 6.45) is 0.617. The summed E-state index contributed by atoms with van der Waals surface area (Å²) in [5, 5.41) is 12.4. The van der Waals surface area contributed by atoms with Gasteiger partial charge in [-0.15, -0.1) is 0 Å². The molecule has 2 unspecified atom stereocenters. The first-order valence-corrected chi connectivity index (χ1v) is 13.0. The topological polar surface area (TPSA) is 110 Å². The van der Waals surface area contributed by atoms with E-state index in [1.54, 1.807) is 13.0 Å². The van der Waals surface area contributed by atoms with Crippen LogP contribution in [0, 0.1) is 24.5 Å². The average Bonchev–Trinajstić information content (AvgIpc) is 3.23. The van der Waals surface area contributed by atoms with Gasteiger partial charge in [-0.2, -0.15) is 8.78 Å². The summed E-state index contributed by atoms with van der Waals surface area (Å²) in [7, 11) is 1.25. The molecule has 1 aliphatic rings. The normalized spacial score (nSPS) is 17.5. The number of anilines is 1. The third-order valence-corrected chi connectivity index (χ3v) is 7.00. The minimum Gasteiger partial charge on any atom is -0.497 e. The molecule has 1 aliphatic heterocycles. The van der Waals surface area contributed by atoms with E-state index in [2.05, 4.69) is 10.1 Å². The van der Waals surface area contributed by atoms with Crippen LogP contribution in [-0.2, 0) is 11.3 Å². The quantitative estimate of drug-likeness (QED) is 0.349. The van der Waals surface area contributed by atoms with Crippen molar-refractivity contribution in [2.45, 2.75) is 39.0 Å². The van der Waals surface area contributed by atoms with E-state index in [0.29, 0.717) is 5.56 Å². The van der Waals surface area contributed by atoms with Gasteiger partial charge in [-0.25, -0.2) is 8.78 Å². The Labute approximate surface area is 238 Å². The van der Waals surface area contributed by atoms with Crippen LogP contribution in [0.2, 0.25) is 0 Å². The SMILES string of the molecule is COc1cc(F)c([C@@H]2CN(c3c(C)ccn(CC(C)O)c3=O)C(=O)C2CNC(=O)c2ccc(OC(F)F)cc2)c(F)c1. The minimum atomic E-state index is -3.04. The van der Waals surface area contributed by atoms with Gasteiger partial charge >= 0.3 is 6.61 Å². The lowest BCUT2D eigenvalue weighted by molar-refractivity contribution is -0.120. The lowest BCUT2D eigenvalue weighted by Crippen LogP contribution is -2.38. The van der Waals surface area contributed by atoms with Gasteiger partial charge in [0.05, 0.1) is 25.7 Å². The number of aliphatic hydroxyl groups excluding tert-OH is 1. The zero-order chi connectivity index (χ0) is 30.7. The summed E-state index contributed by atoms with van der Waals surface area (Å²) < 4.78 is 65.8. The van der Waals surface area contributed by atoms with Crippen LogP contribution in [0.5, 0.6) is 11.5 Å². The van der Waals surface area contributed by atoms with Crippen LogP contribution in [0.25, 0.3) is 0 Å². The van der Waals surface area contributed by atoms with Crippen LogP contribution in [0.3, 0.4) is 0 Å². The van der Waals surface area contributed by atoms with Crippen molar-refractivity contribution >= 4 is 17.5 Å². The zero-order valence-electron chi connectivity index (χ0n) is 22.9. The number of halogens is 4. The molecule has 2 amide bonds. The fourth-order valence-corrected chi connectivity index (χ4v) is 5.05. The lowest BCUT2D eigenvalue weighted by Gasteiger charge is -2.20. The molecule has 1 aromatic heterocycles. The first-order valence-electron chi connectivity index (χ1n) is 13.0. The maximum Gasteiger partial charge on any atom is 0.387 e. The molecule has 0 bridgehead atoms. The minimum absolute atomic E-state index is 0.00840. The number of hydrogen-bond acceptors (Lipinski definition) is 6. The largest absolute Gasteiger partial charge is 0.497 e. The fraction of sp³-hybridized carbons (Fsp3) is 0.345. The smallest absolute Gasteiger partial charge is 0.387 e. The molecule has 9 nitrogen and oxygen atoms in total. The van der Waals surface area contributed by atoms with Crippen molar-refractivity contribution in [3.05, 3.63) is 87.3 Å². The number of carbonyl (C=O) groups excluding carboxylic acids is 2. The Morgan fingerprint density at radius 1 is 1.10 bits per heavy atom. The monoisotopic (exact) mass is 591 g/mol. The molecule has 1 saturated heterocycles. The van der Waals surface area contributed by atoms with Gasteiger partial charge in [0.25, 0.3) is 11.5 Å². The first kappa shape index (κ1) is 30.6. The highest BCUT2D eigenvalue weighted by Crippen LogP contribution is 2.39. The molecule has 13 heteroatoms. The standard InChI is InChI=1S/C29H29F4N3O6/c1-15-8-9-35(13-16(2)37)28(40)25(15)36-14-21(24-22(30)10-19(41-3)11-23(24)31)20(27(36)39)12-34-26(38)17-4-6-18(7-5-17)42-29(32)33/h4-11,16,20-21,29,37H,12-14H2,1-3H3,(H,34,38)/t16?,20?,21-/m1/s1. The van der Waals surface area contributed by atoms with E-state index >= 15 is 8.78 Å². The van der Waals surface area contributed by atoms with Crippen molar-refractivity contribution in [3.63, 3.8) is 0 Å². The van der Waals surface area contributed by atoms with Crippen molar-refractivity contribution < 1.29 is 41.7 Å². The van der Waals surface area contributed by atoms with Gasteiger partial charge < -0.3 is 29.4 Å². The number of ether oxygens (including phenoxy) is 2. The Kier molecular flexibility index (Phi) is 9.20. The fourth-order valence-electron chi connectivity index (χ4n) is 5.05. The van der Waals surface area contributed by atoms with Gasteiger partial charge in [-0.3, -0.25) is 14.4 Å². The maximum absolute atomic E-state index is 15.2. The Bertz CT molecular complexity index is 1500. The van der Waals surface area contributed by atoms with Crippen molar-refractivity contribution in [2.75, 3.05) is 25.1 Å². The van der Waals surface area contributed by atoms with Crippen molar-refractivity contribution in [2.24, 2.45) is 5.92 Å². The average molecular weight is 592 g/mol. The third-order valence-electron chi connectivity index (χ3n) is 7.00. The highest BCUT2D eigenvalue weighted by atomic mass is 19.3. The Morgan fingerprint density at radius 2 is 1.74 bits per heavy atom. The number of aryl methyl sites for hydroxylation is 1. The Hall–Kier alpha value is -4.39. The molecule has 4 rings (SSSR count). The summed E-state index contributed by atoms with van der Waals surface area (Å²) in [5.41, 5.74) is -0.490. The molecule has 1 fully saturated rings. The van der Waals surface area contributed by atoms with Crippen LogP contribution in [0.15, 0.2) is 53.5 Å². The molecule has 2 aromatic carbocycles. The Morgan fingerprint density at radius 3 is 2.31 bits per heavy atom. The second-order valence-electron chi connectivity index (χ2n) is 9.93. The van der Waals surface area contributed by atoms with Crippen molar-refractivity contribution in [3.8, 4) is 11.5 Å². The number of hydrogen-bond donors (Lipinski definition) is 2. The molecule has 3 atom stereocenters. The molecule has 2 N–H and O–H groups in total. The molecule has 42 heavy (non-hydrogen) atoms. The summed E-state index contributed by atoms with van der Waals surface area (Å²) in [6, 6.07) is 8.38. The molecule has 2 heterocycles. The summed E-state index contributed by atoms with van der Waals surface area (Å²) in [6.45, 7) is -0.602. The third kappa shape index (κ3) is 6.40. The van der Waals surface area contributed by atoms with E-state index < -0.39 is 59.1 Å². The number of methoxy groups -OCH3 is 1. The Balaban J connectivity index is 1.68. The number of carbonyl (C=O) groups is 2. The number of amides is 2. The number of aromatic nitrogens is 1. The highest BCUT2D eigenvalue weighted by molar-refractivity contribution is 6.00. The molecular formula is C29H29F4N3O6. The lowest BCUT2D eigenvalue weighted by atomic mass is 9.87.